The molecule has 2 aromatic rings. The van der Waals surface area contributed by atoms with E-state index in [-0.39, 0.29) is 0 Å². The molecule has 0 aliphatic carbocycles. The zero-order chi connectivity index (χ0) is 16.7. The topological polar surface area (TPSA) is 28.0 Å². The molecule has 2 rings (SSSR count). The van der Waals surface area contributed by atoms with Gasteiger partial charge in [-0.25, -0.2) is 0 Å². The lowest BCUT2D eigenvalue weighted by Gasteiger charge is -2.22. The van der Waals surface area contributed by atoms with E-state index in [1.165, 1.54) is 0 Å². The number of nitrogens with zero attached hydrogens (tertiary/aromatic N) is 3. The Bertz CT molecular complexity index is 712. The highest BCUT2D eigenvalue weighted by Crippen LogP contribution is 2.27. The van der Waals surface area contributed by atoms with Gasteiger partial charge >= 0.3 is 0 Å². The minimum atomic E-state index is 0.786. The molecule has 0 N–H and O–H groups in total. The number of aryl methyl sites for hydroxylation is 1. The third-order valence-corrected chi connectivity index (χ3v) is 4.00. The van der Waals surface area contributed by atoms with E-state index in [1.807, 2.05) is 49.4 Å². The van der Waals surface area contributed by atoms with Gasteiger partial charge in [0, 0.05) is 22.3 Å². The predicted molar refractivity (Wildman–Crippen MR) is 107 cm³/mol. The van der Waals surface area contributed by atoms with E-state index < -0.39 is 0 Å². The highest BCUT2D eigenvalue weighted by molar-refractivity contribution is 14.1. The molecule has 0 aliphatic rings. The molecule has 0 fully saturated rings. The molecule has 0 saturated heterocycles. The van der Waals surface area contributed by atoms with E-state index in [1.54, 1.807) is 0 Å². The van der Waals surface area contributed by atoms with Crippen LogP contribution < -0.4 is 4.90 Å². The quantitative estimate of drug-likeness (QED) is 0.300. The molecular formula is C19H20IN3. The molecule has 0 saturated carbocycles. The van der Waals surface area contributed by atoms with Crippen molar-refractivity contribution in [3.63, 3.8) is 0 Å². The largest absolute Gasteiger partial charge is 0.364 e. The summed E-state index contributed by atoms with van der Waals surface area (Å²) in [4.78, 5) is 2.20. The van der Waals surface area contributed by atoms with Gasteiger partial charge in [0.1, 0.15) is 0 Å². The van der Waals surface area contributed by atoms with Gasteiger partial charge in [-0.2, -0.15) is 10.2 Å². The van der Waals surface area contributed by atoms with E-state index in [4.69, 9.17) is 0 Å². The number of halogens is 1. The van der Waals surface area contributed by atoms with Crippen LogP contribution in [-0.2, 0) is 0 Å². The second kappa shape index (κ2) is 8.62. The zero-order valence-electron chi connectivity index (χ0n) is 13.2. The lowest BCUT2D eigenvalue weighted by molar-refractivity contribution is 0.955. The first-order valence-electron chi connectivity index (χ1n) is 7.38. The summed E-state index contributed by atoms with van der Waals surface area (Å²) in [5.74, 6) is 0. The van der Waals surface area contributed by atoms with Crippen molar-refractivity contribution in [1.29, 1.82) is 0 Å². The fourth-order valence-corrected chi connectivity index (χ4v) is 2.72. The van der Waals surface area contributed by atoms with E-state index in [0.717, 1.165) is 39.3 Å². The normalized spacial score (nSPS) is 10.7. The van der Waals surface area contributed by atoms with Gasteiger partial charge in [0.05, 0.1) is 11.4 Å². The summed E-state index contributed by atoms with van der Waals surface area (Å²) in [7, 11) is 0. The monoisotopic (exact) mass is 417 g/mol. The van der Waals surface area contributed by atoms with Crippen LogP contribution in [0.15, 0.2) is 78.0 Å². The van der Waals surface area contributed by atoms with Crippen LogP contribution in [0, 0.1) is 10.5 Å². The maximum absolute atomic E-state index is 4.37. The molecule has 0 unspecified atom stereocenters. The Balaban J connectivity index is 2.21. The van der Waals surface area contributed by atoms with Crippen molar-refractivity contribution in [2.75, 3.05) is 18.0 Å². The van der Waals surface area contributed by atoms with Crippen molar-refractivity contribution in [3.05, 3.63) is 76.9 Å². The summed E-state index contributed by atoms with van der Waals surface area (Å²) >= 11 is 2.27. The highest BCUT2D eigenvalue weighted by atomic mass is 127. The Labute approximate surface area is 151 Å². The van der Waals surface area contributed by atoms with Gasteiger partial charge in [0.2, 0.25) is 0 Å². The fraction of sp³-hybridized carbons (Fsp3) is 0.158. The molecule has 118 valence electrons. The van der Waals surface area contributed by atoms with Crippen LogP contribution in [0.2, 0.25) is 0 Å². The maximum atomic E-state index is 4.37. The fourth-order valence-electron chi connectivity index (χ4n) is 2.20. The molecule has 2 aromatic carbocycles. The first kappa shape index (κ1) is 17.4. The summed E-state index contributed by atoms with van der Waals surface area (Å²) < 4.78 is 1.15. The van der Waals surface area contributed by atoms with Gasteiger partial charge in [0.15, 0.2) is 0 Å². The first-order valence-corrected chi connectivity index (χ1v) is 8.46. The highest BCUT2D eigenvalue weighted by Gasteiger charge is 2.05. The number of hydrogen-bond donors (Lipinski definition) is 0. The maximum Gasteiger partial charge on any atom is 0.0887 e. The molecule has 0 atom stereocenters. The van der Waals surface area contributed by atoms with E-state index in [9.17, 15) is 0 Å². The zero-order valence-corrected chi connectivity index (χ0v) is 15.4. The number of benzene rings is 2. The van der Waals surface area contributed by atoms with Crippen molar-refractivity contribution < 1.29 is 0 Å². The molecule has 0 bridgehead atoms. The third-order valence-electron chi connectivity index (χ3n) is 3.33. The van der Waals surface area contributed by atoms with Crippen LogP contribution in [0.4, 0.5) is 17.1 Å². The molecule has 0 amide bonds. The van der Waals surface area contributed by atoms with Crippen molar-refractivity contribution in [3.8, 4) is 0 Å². The Hall–Kier alpha value is -1.95. The van der Waals surface area contributed by atoms with Crippen LogP contribution in [0.3, 0.4) is 0 Å². The minimum Gasteiger partial charge on any atom is -0.364 e. The number of rotatable bonds is 7. The van der Waals surface area contributed by atoms with Gasteiger partial charge in [0.25, 0.3) is 0 Å². The average molecular weight is 417 g/mol. The number of anilines is 1. The Kier molecular flexibility index (Phi) is 6.52. The second-order valence-corrected chi connectivity index (χ2v) is 6.38. The standard InChI is InChI=1S/C19H20IN3/c1-4-11-23(12-5-2)18-9-10-19(15(3)13-18)22-21-17-8-6-7-16(20)14-17/h4-10,13-14H,1-2,11-12H2,3H3. The Morgan fingerprint density at radius 3 is 2.39 bits per heavy atom. The van der Waals surface area contributed by atoms with Crippen LogP contribution in [0.1, 0.15) is 5.56 Å². The molecule has 0 aromatic heterocycles. The second-order valence-electron chi connectivity index (χ2n) is 5.13. The number of azo groups is 1. The van der Waals surface area contributed by atoms with Crippen molar-refractivity contribution in [2.45, 2.75) is 6.92 Å². The molecular weight excluding hydrogens is 397 g/mol. The Morgan fingerprint density at radius 2 is 1.78 bits per heavy atom. The first-order chi connectivity index (χ1) is 11.1. The summed E-state index contributed by atoms with van der Waals surface area (Å²) in [5.41, 5.74) is 3.97. The van der Waals surface area contributed by atoms with Crippen molar-refractivity contribution >= 4 is 39.7 Å². The van der Waals surface area contributed by atoms with Crippen molar-refractivity contribution in [2.24, 2.45) is 10.2 Å². The summed E-state index contributed by atoms with van der Waals surface area (Å²) in [5, 5.41) is 8.69. The van der Waals surface area contributed by atoms with E-state index in [0.29, 0.717) is 0 Å². The average Bonchev–Trinajstić information content (AvgIpc) is 2.53. The third kappa shape index (κ3) is 5.03. The lowest BCUT2D eigenvalue weighted by Crippen LogP contribution is -2.22. The molecule has 0 spiro atoms. The predicted octanol–water partition coefficient (Wildman–Crippen LogP) is 6.19. The van der Waals surface area contributed by atoms with Gasteiger partial charge in [-0.1, -0.05) is 18.2 Å². The number of hydrogen-bond acceptors (Lipinski definition) is 3. The Morgan fingerprint density at radius 1 is 1.04 bits per heavy atom. The van der Waals surface area contributed by atoms with E-state index in [2.05, 4.69) is 63.0 Å². The SMILES string of the molecule is C=CCN(CC=C)c1ccc(N=Nc2cccc(I)c2)c(C)c1. The van der Waals surface area contributed by atoms with Crippen LogP contribution in [0.25, 0.3) is 0 Å². The van der Waals surface area contributed by atoms with Gasteiger partial charge < -0.3 is 4.90 Å². The molecule has 3 nitrogen and oxygen atoms in total. The van der Waals surface area contributed by atoms with Crippen LogP contribution >= 0.6 is 22.6 Å². The summed E-state index contributed by atoms with van der Waals surface area (Å²) in [6, 6.07) is 14.2. The summed E-state index contributed by atoms with van der Waals surface area (Å²) in [6.07, 6.45) is 3.78. The smallest absolute Gasteiger partial charge is 0.0887 e. The van der Waals surface area contributed by atoms with E-state index >= 15 is 0 Å². The van der Waals surface area contributed by atoms with Crippen LogP contribution in [-0.4, -0.2) is 13.1 Å². The van der Waals surface area contributed by atoms with Gasteiger partial charge in [-0.05, 0) is 71.5 Å². The van der Waals surface area contributed by atoms with Crippen LogP contribution in [0.5, 0.6) is 0 Å². The van der Waals surface area contributed by atoms with Gasteiger partial charge in [-0.3, -0.25) is 0 Å². The molecule has 0 radical (unpaired) electrons. The molecule has 0 aliphatic heterocycles. The summed E-state index contributed by atoms with van der Waals surface area (Å²) in [6.45, 7) is 11.2. The lowest BCUT2D eigenvalue weighted by atomic mass is 10.1. The van der Waals surface area contributed by atoms with Crippen molar-refractivity contribution in [1.82, 2.24) is 0 Å². The van der Waals surface area contributed by atoms with Gasteiger partial charge in [-0.15, -0.1) is 13.2 Å². The minimum absolute atomic E-state index is 0.786. The molecule has 4 heteroatoms. The molecule has 23 heavy (non-hydrogen) atoms. The molecule has 0 heterocycles.